The number of aliphatic hydroxyl groups is 1. The molecule has 1 aromatic rings. The third-order valence-electron chi connectivity index (χ3n) is 3.50. The first-order chi connectivity index (χ1) is 8.79. The predicted molar refractivity (Wildman–Crippen MR) is 74.1 cm³/mol. The number of hydrogen-bond donors (Lipinski definition) is 1. The molecule has 0 saturated carbocycles. The highest BCUT2D eigenvalue weighted by Crippen LogP contribution is 2.21. The topological polar surface area (TPSA) is 32.7 Å². The standard InChI is InChI=1S/C15H23NO2/c1-13-3-5-14(6-4-13)16-9-7-15(8-10-16)18-12-2-11-17/h3-6,15,17H,2,7-12H2,1H3. The Morgan fingerprint density at radius 3 is 2.50 bits per heavy atom. The molecular formula is C15H23NO2. The minimum absolute atomic E-state index is 0.224. The van der Waals surface area contributed by atoms with Gasteiger partial charge in [-0.2, -0.15) is 0 Å². The molecule has 2 rings (SSSR count). The van der Waals surface area contributed by atoms with E-state index >= 15 is 0 Å². The lowest BCUT2D eigenvalue weighted by Gasteiger charge is -2.33. The monoisotopic (exact) mass is 249 g/mol. The Hall–Kier alpha value is -1.06. The molecule has 0 atom stereocenters. The Morgan fingerprint density at radius 2 is 1.89 bits per heavy atom. The summed E-state index contributed by atoms with van der Waals surface area (Å²) in [6.07, 6.45) is 3.29. The van der Waals surface area contributed by atoms with Gasteiger partial charge in [-0.25, -0.2) is 0 Å². The summed E-state index contributed by atoms with van der Waals surface area (Å²) in [4.78, 5) is 2.42. The fourth-order valence-electron chi connectivity index (χ4n) is 2.35. The van der Waals surface area contributed by atoms with Gasteiger partial charge in [0.1, 0.15) is 0 Å². The van der Waals surface area contributed by atoms with E-state index in [-0.39, 0.29) is 6.61 Å². The van der Waals surface area contributed by atoms with Crippen LogP contribution in [0.5, 0.6) is 0 Å². The molecule has 1 heterocycles. The van der Waals surface area contributed by atoms with E-state index in [1.54, 1.807) is 0 Å². The van der Waals surface area contributed by atoms with E-state index < -0.39 is 0 Å². The van der Waals surface area contributed by atoms with Gasteiger partial charge in [0.2, 0.25) is 0 Å². The van der Waals surface area contributed by atoms with Crippen LogP contribution in [0.25, 0.3) is 0 Å². The highest BCUT2D eigenvalue weighted by atomic mass is 16.5. The van der Waals surface area contributed by atoms with Gasteiger partial charge in [-0.1, -0.05) is 17.7 Å². The lowest BCUT2D eigenvalue weighted by Crippen LogP contribution is -2.37. The highest BCUT2D eigenvalue weighted by molar-refractivity contribution is 5.47. The number of ether oxygens (including phenoxy) is 1. The lowest BCUT2D eigenvalue weighted by atomic mass is 10.1. The molecule has 0 aromatic heterocycles. The number of aryl methyl sites for hydroxylation is 1. The van der Waals surface area contributed by atoms with Crippen molar-refractivity contribution in [2.24, 2.45) is 0 Å². The normalized spacial score (nSPS) is 17.1. The number of nitrogens with zero attached hydrogens (tertiary/aromatic N) is 1. The zero-order valence-corrected chi connectivity index (χ0v) is 11.1. The van der Waals surface area contributed by atoms with Crippen LogP contribution >= 0.6 is 0 Å². The van der Waals surface area contributed by atoms with Crippen molar-refractivity contribution in [1.29, 1.82) is 0 Å². The van der Waals surface area contributed by atoms with Crippen LogP contribution in [0.3, 0.4) is 0 Å². The van der Waals surface area contributed by atoms with Gasteiger partial charge in [0.15, 0.2) is 0 Å². The molecule has 0 bridgehead atoms. The van der Waals surface area contributed by atoms with Crippen LogP contribution in [-0.4, -0.2) is 37.5 Å². The molecule has 1 aliphatic rings. The summed E-state index contributed by atoms with van der Waals surface area (Å²) in [5.74, 6) is 0. The number of hydrogen-bond acceptors (Lipinski definition) is 3. The molecule has 0 unspecified atom stereocenters. The average Bonchev–Trinajstić information content (AvgIpc) is 2.41. The van der Waals surface area contributed by atoms with Gasteiger partial charge in [0.05, 0.1) is 6.10 Å². The summed E-state index contributed by atoms with van der Waals surface area (Å²) in [5.41, 5.74) is 2.62. The Bertz CT molecular complexity index is 342. The number of anilines is 1. The fraction of sp³-hybridized carbons (Fsp3) is 0.600. The third kappa shape index (κ3) is 3.72. The van der Waals surface area contributed by atoms with Crippen LogP contribution < -0.4 is 4.90 Å². The van der Waals surface area contributed by atoms with Gasteiger partial charge in [-0.15, -0.1) is 0 Å². The maximum Gasteiger partial charge on any atom is 0.0608 e. The number of rotatable bonds is 5. The minimum Gasteiger partial charge on any atom is -0.396 e. The van der Waals surface area contributed by atoms with Crippen molar-refractivity contribution < 1.29 is 9.84 Å². The molecule has 1 N–H and O–H groups in total. The molecule has 1 aliphatic heterocycles. The van der Waals surface area contributed by atoms with E-state index in [2.05, 4.69) is 36.1 Å². The number of benzene rings is 1. The SMILES string of the molecule is Cc1ccc(N2CCC(OCCCO)CC2)cc1. The molecule has 1 fully saturated rings. The van der Waals surface area contributed by atoms with Crippen molar-refractivity contribution >= 4 is 5.69 Å². The van der Waals surface area contributed by atoms with Gasteiger partial charge in [-0.05, 0) is 38.3 Å². The predicted octanol–water partition coefficient (Wildman–Crippen LogP) is 2.36. The zero-order valence-electron chi connectivity index (χ0n) is 11.1. The molecule has 0 amide bonds. The summed E-state index contributed by atoms with van der Waals surface area (Å²) < 4.78 is 5.74. The minimum atomic E-state index is 0.224. The van der Waals surface area contributed by atoms with Crippen LogP contribution in [0.4, 0.5) is 5.69 Å². The highest BCUT2D eigenvalue weighted by Gasteiger charge is 2.19. The smallest absolute Gasteiger partial charge is 0.0608 e. The quantitative estimate of drug-likeness (QED) is 0.813. The van der Waals surface area contributed by atoms with Crippen LogP contribution in [0.2, 0.25) is 0 Å². The molecule has 1 aromatic carbocycles. The van der Waals surface area contributed by atoms with Crippen molar-refractivity contribution in [3.8, 4) is 0 Å². The van der Waals surface area contributed by atoms with Gasteiger partial charge in [0, 0.05) is 32.0 Å². The van der Waals surface area contributed by atoms with Gasteiger partial charge in [0.25, 0.3) is 0 Å². The third-order valence-corrected chi connectivity index (χ3v) is 3.50. The van der Waals surface area contributed by atoms with Crippen molar-refractivity contribution in [1.82, 2.24) is 0 Å². The van der Waals surface area contributed by atoms with Crippen molar-refractivity contribution in [3.05, 3.63) is 29.8 Å². The van der Waals surface area contributed by atoms with Crippen molar-refractivity contribution in [2.45, 2.75) is 32.3 Å². The molecule has 100 valence electrons. The fourth-order valence-corrected chi connectivity index (χ4v) is 2.35. The van der Waals surface area contributed by atoms with Crippen molar-refractivity contribution in [3.63, 3.8) is 0 Å². The zero-order chi connectivity index (χ0) is 12.8. The molecule has 3 heteroatoms. The summed E-state index contributed by atoms with van der Waals surface area (Å²) in [6, 6.07) is 8.73. The van der Waals surface area contributed by atoms with Crippen LogP contribution in [0.1, 0.15) is 24.8 Å². The Balaban J connectivity index is 1.77. The van der Waals surface area contributed by atoms with Gasteiger partial charge < -0.3 is 14.7 Å². The second-order valence-corrected chi connectivity index (χ2v) is 4.97. The first kappa shape index (κ1) is 13.4. The molecular weight excluding hydrogens is 226 g/mol. The molecule has 0 aliphatic carbocycles. The second kappa shape index (κ2) is 6.76. The maximum atomic E-state index is 8.72. The van der Waals surface area contributed by atoms with E-state index in [0.29, 0.717) is 12.7 Å². The largest absolute Gasteiger partial charge is 0.396 e. The first-order valence-corrected chi connectivity index (χ1v) is 6.83. The van der Waals surface area contributed by atoms with E-state index in [4.69, 9.17) is 9.84 Å². The Labute approximate surface area is 109 Å². The van der Waals surface area contributed by atoms with Gasteiger partial charge in [-0.3, -0.25) is 0 Å². The summed E-state index contributed by atoms with van der Waals surface area (Å²) in [5, 5.41) is 8.72. The average molecular weight is 249 g/mol. The van der Waals surface area contributed by atoms with E-state index in [1.165, 1.54) is 11.3 Å². The van der Waals surface area contributed by atoms with Crippen LogP contribution in [0, 0.1) is 6.92 Å². The first-order valence-electron chi connectivity index (χ1n) is 6.83. The van der Waals surface area contributed by atoms with Gasteiger partial charge >= 0.3 is 0 Å². The molecule has 1 saturated heterocycles. The van der Waals surface area contributed by atoms with Crippen molar-refractivity contribution in [2.75, 3.05) is 31.2 Å². The summed E-state index contributed by atoms with van der Waals surface area (Å²) >= 11 is 0. The van der Waals surface area contributed by atoms with E-state index in [0.717, 1.165) is 32.4 Å². The summed E-state index contributed by atoms with van der Waals surface area (Å²) in [7, 11) is 0. The molecule has 0 spiro atoms. The summed E-state index contributed by atoms with van der Waals surface area (Å²) in [6.45, 7) is 5.15. The molecule has 3 nitrogen and oxygen atoms in total. The van der Waals surface area contributed by atoms with E-state index in [1.807, 2.05) is 0 Å². The second-order valence-electron chi connectivity index (χ2n) is 4.97. The maximum absolute atomic E-state index is 8.72. The molecule has 0 radical (unpaired) electrons. The van der Waals surface area contributed by atoms with Crippen LogP contribution in [0.15, 0.2) is 24.3 Å². The Kier molecular flexibility index (Phi) is 5.02. The number of aliphatic hydroxyl groups excluding tert-OH is 1. The number of piperidine rings is 1. The lowest BCUT2D eigenvalue weighted by molar-refractivity contribution is 0.0294. The van der Waals surface area contributed by atoms with E-state index in [9.17, 15) is 0 Å². The van der Waals surface area contributed by atoms with Crippen LogP contribution in [-0.2, 0) is 4.74 Å². The molecule has 18 heavy (non-hydrogen) atoms. The Morgan fingerprint density at radius 1 is 1.22 bits per heavy atom.